The molecule has 2 amide bonds. The number of rotatable bonds is 4. The smallest absolute Gasteiger partial charge is 0.245 e. The summed E-state index contributed by atoms with van der Waals surface area (Å²) in [4.78, 5) is 31.6. The Morgan fingerprint density at radius 3 is 2.22 bits per heavy atom. The average Bonchev–Trinajstić information content (AvgIpc) is 3.30. The summed E-state index contributed by atoms with van der Waals surface area (Å²) in [5.41, 5.74) is 0.232. The van der Waals surface area contributed by atoms with Gasteiger partial charge in [0, 0.05) is 31.1 Å². The summed E-state index contributed by atoms with van der Waals surface area (Å²) in [6, 6.07) is -0.184. The van der Waals surface area contributed by atoms with E-state index in [4.69, 9.17) is 0 Å². The van der Waals surface area contributed by atoms with Crippen molar-refractivity contribution in [1.29, 1.82) is 0 Å². The highest BCUT2D eigenvalue weighted by molar-refractivity contribution is 5.90. The topological polar surface area (TPSA) is 43.9 Å². The third-order valence-corrected chi connectivity index (χ3v) is 6.36. The van der Waals surface area contributed by atoms with Crippen LogP contribution in [-0.4, -0.2) is 71.8 Å². The van der Waals surface area contributed by atoms with E-state index in [0.717, 1.165) is 64.6 Å². The van der Waals surface area contributed by atoms with Crippen molar-refractivity contribution in [3.05, 3.63) is 0 Å². The molecule has 2 heterocycles. The Morgan fingerprint density at radius 2 is 1.70 bits per heavy atom. The molecule has 1 saturated carbocycles. The van der Waals surface area contributed by atoms with Crippen LogP contribution >= 0.6 is 0 Å². The van der Waals surface area contributed by atoms with E-state index in [1.807, 2.05) is 9.80 Å². The van der Waals surface area contributed by atoms with Crippen molar-refractivity contribution in [2.45, 2.75) is 63.5 Å². The summed E-state index contributed by atoms with van der Waals surface area (Å²) in [5, 5.41) is 0. The van der Waals surface area contributed by atoms with Crippen LogP contribution in [0.2, 0.25) is 0 Å². The number of hydrogen-bond donors (Lipinski definition) is 0. The van der Waals surface area contributed by atoms with Crippen molar-refractivity contribution < 1.29 is 9.59 Å². The molecule has 2 saturated heterocycles. The van der Waals surface area contributed by atoms with Gasteiger partial charge in [0.2, 0.25) is 11.8 Å². The first-order valence-corrected chi connectivity index (χ1v) is 9.25. The molecule has 3 aliphatic rings. The SMILES string of the molecule is CCC1(N(C)C)CCN(C(=O)[C@@H]2CCCN2C(=O)C2CC2)CC1. The van der Waals surface area contributed by atoms with E-state index in [0.29, 0.717) is 0 Å². The van der Waals surface area contributed by atoms with Gasteiger partial charge in [-0.05, 0) is 59.0 Å². The van der Waals surface area contributed by atoms with E-state index >= 15 is 0 Å². The average molecular weight is 321 g/mol. The number of carbonyl (C=O) groups excluding carboxylic acids is 2. The van der Waals surface area contributed by atoms with Crippen LogP contribution in [0.3, 0.4) is 0 Å². The maximum atomic E-state index is 12.9. The van der Waals surface area contributed by atoms with Gasteiger partial charge in [0.25, 0.3) is 0 Å². The van der Waals surface area contributed by atoms with Crippen LogP contribution in [0.4, 0.5) is 0 Å². The maximum Gasteiger partial charge on any atom is 0.245 e. The molecule has 0 spiro atoms. The number of amides is 2. The summed E-state index contributed by atoms with van der Waals surface area (Å²) in [6.45, 7) is 4.67. The zero-order valence-electron chi connectivity index (χ0n) is 14.9. The highest BCUT2D eigenvalue weighted by Crippen LogP contribution is 2.35. The molecular formula is C18H31N3O2. The van der Waals surface area contributed by atoms with Crippen molar-refractivity contribution in [1.82, 2.24) is 14.7 Å². The molecule has 0 radical (unpaired) electrons. The van der Waals surface area contributed by atoms with Crippen LogP contribution in [0.15, 0.2) is 0 Å². The minimum atomic E-state index is -0.184. The Morgan fingerprint density at radius 1 is 1.04 bits per heavy atom. The largest absolute Gasteiger partial charge is 0.341 e. The second kappa shape index (κ2) is 6.42. The van der Waals surface area contributed by atoms with Gasteiger partial charge in [0.1, 0.15) is 6.04 Å². The second-order valence-corrected chi connectivity index (χ2v) is 7.76. The van der Waals surface area contributed by atoms with Gasteiger partial charge < -0.3 is 14.7 Å². The molecule has 0 bridgehead atoms. The lowest BCUT2D eigenvalue weighted by Crippen LogP contribution is -2.56. The second-order valence-electron chi connectivity index (χ2n) is 7.76. The molecule has 0 N–H and O–H groups in total. The van der Waals surface area contributed by atoms with Gasteiger partial charge in [-0.25, -0.2) is 0 Å². The van der Waals surface area contributed by atoms with E-state index < -0.39 is 0 Å². The Hall–Kier alpha value is -1.10. The van der Waals surface area contributed by atoms with E-state index in [1.54, 1.807) is 0 Å². The predicted molar refractivity (Wildman–Crippen MR) is 90.0 cm³/mol. The summed E-state index contributed by atoms with van der Waals surface area (Å²) in [7, 11) is 4.29. The Bertz CT molecular complexity index is 465. The first kappa shape index (κ1) is 16.7. The highest BCUT2D eigenvalue weighted by Gasteiger charge is 2.43. The fourth-order valence-electron chi connectivity index (χ4n) is 4.32. The van der Waals surface area contributed by atoms with E-state index in [2.05, 4.69) is 25.9 Å². The van der Waals surface area contributed by atoms with Crippen LogP contribution in [-0.2, 0) is 9.59 Å². The Labute approximate surface area is 140 Å². The van der Waals surface area contributed by atoms with E-state index in [9.17, 15) is 9.59 Å². The number of nitrogens with zero attached hydrogens (tertiary/aromatic N) is 3. The zero-order chi connectivity index (χ0) is 16.6. The molecule has 0 unspecified atom stereocenters. The third kappa shape index (κ3) is 3.12. The van der Waals surface area contributed by atoms with Crippen molar-refractivity contribution in [2.24, 2.45) is 5.92 Å². The molecule has 3 rings (SSSR count). The standard InChI is InChI=1S/C18H31N3O2/c1-4-18(19(2)3)9-12-20(13-10-18)17(23)15-6-5-11-21(15)16(22)14-7-8-14/h14-15H,4-13H2,1-3H3/t15-/m0/s1. The first-order chi connectivity index (χ1) is 11.0. The van der Waals surface area contributed by atoms with Gasteiger partial charge in [-0.3, -0.25) is 9.59 Å². The van der Waals surface area contributed by atoms with Gasteiger partial charge >= 0.3 is 0 Å². The van der Waals surface area contributed by atoms with Gasteiger partial charge in [-0.15, -0.1) is 0 Å². The third-order valence-electron chi connectivity index (χ3n) is 6.36. The Balaban J connectivity index is 1.61. The first-order valence-electron chi connectivity index (χ1n) is 9.25. The number of likely N-dealkylation sites (tertiary alicyclic amines) is 2. The monoisotopic (exact) mass is 321 g/mol. The quantitative estimate of drug-likeness (QED) is 0.792. The molecule has 0 aromatic rings. The van der Waals surface area contributed by atoms with Gasteiger partial charge in [0.05, 0.1) is 0 Å². The Kier molecular flexibility index (Phi) is 4.68. The molecular weight excluding hydrogens is 290 g/mol. The zero-order valence-corrected chi connectivity index (χ0v) is 14.9. The molecule has 1 atom stereocenters. The van der Waals surface area contributed by atoms with Gasteiger partial charge in [-0.2, -0.15) is 0 Å². The van der Waals surface area contributed by atoms with Crippen LogP contribution < -0.4 is 0 Å². The van der Waals surface area contributed by atoms with E-state index in [-0.39, 0.29) is 29.3 Å². The molecule has 5 heteroatoms. The van der Waals surface area contributed by atoms with Crippen LogP contribution in [0.25, 0.3) is 0 Å². The van der Waals surface area contributed by atoms with Gasteiger partial charge in [0.15, 0.2) is 0 Å². The van der Waals surface area contributed by atoms with Crippen LogP contribution in [0.5, 0.6) is 0 Å². The highest BCUT2D eigenvalue weighted by atomic mass is 16.2. The predicted octanol–water partition coefficient (Wildman–Crippen LogP) is 1.72. The lowest BCUT2D eigenvalue weighted by Gasteiger charge is -2.46. The van der Waals surface area contributed by atoms with Crippen molar-refractivity contribution in [2.75, 3.05) is 33.7 Å². The fraction of sp³-hybridized carbons (Fsp3) is 0.889. The van der Waals surface area contributed by atoms with Gasteiger partial charge in [-0.1, -0.05) is 6.92 Å². The minimum absolute atomic E-state index is 0.184. The lowest BCUT2D eigenvalue weighted by atomic mass is 9.83. The number of piperidine rings is 1. The van der Waals surface area contributed by atoms with Crippen molar-refractivity contribution >= 4 is 11.8 Å². The van der Waals surface area contributed by atoms with Crippen molar-refractivity contribution in [3.63, 3.8) is 0 Å². The van der Waals surface area contributed by atoms with Crippen molar-refractivity contribution in [3.8, 4) is 0 Å². The summed E-state index contributed by atoms with van der Waals surface area (Å²) < 4.78 is 0. The molecule has 130 valence electrons. The minimum Gasteiger partial charge on any atom is -0.341 e. The maximum absolute atomic E-state index is 12.9. The van der Waals surface area contributed by atoms with Crippen LogP contribution in [0.1, 0.15) is 51.9 Å². The van der Waals surface area contributed by atoms with Crippen LogP contribution in [0, 0.1) is 5.92 Å². The molecule has 3 fully saturated rings. The molecule has 5 nitrogen and oxygen atoms in total. The molecule has 2 aliphatic heterocycles. The molecule has 0 aromatic carbocycles. The lowest BCUT2D eigenvalue weighted by molar-refractivity contribution is -0.146. The molecule has 0 aromatic heterocycles. The van der Waals surface area contributed by atoms with E-state index in [1.165, 1.54) is 0 Å². The normalized spacial score (nSPS) is 27.6. The fourth-order valence-corrected chi connectivity index (χ4v) is 4.32. The molecule has 23 heavy (non-hydrogen) atoms. The summed E-state index contributed by atoms with van der Waals surface area (Å²) in [5.74, 6) is 0.639. The number of carbonyl (C=O) groups is 2. The summed E-state index contributed by atoms with van der Waals surface area (Å²) in [6.07, 6.45) is 7.04. The molecule has 1 aliphatic carbocycles. The summed E-state index contributed by atoms with van der Waals surface area (Å²) >= 11 is 0. The number of hydrogen-bond acceptors (Lipinski definition) is 3.